The summed E-state index contributed by atoms with van der Waals surface area (Å²) < 4.78 is 12.6. The lowest BCUT2D eigenvalue weighted by Crippen LogP contribution is -2.01. The van der Waals surface area contributed by atoms with Crippen LogP contribution in [-0.4, -0.2) is 10.5 Å². The number of carbonyl (C=O) groups is 2. The van der Waals surface area contributed by atoms with E-state index in [9.17, 15) is 14.0 Å². The fraction of sp³-hybridized carbons (Fsp3) is 0. The Labute approximate surface area is 83.3 Å². The van der Waals surface area contributed by atoms with E-state index in [-0.39, 0.29) is 11.1 Å². The van der Waals surface area contributed by atoms with E-state index in [1.165, 1.54) is 0 Å². The molecule has 0 N–H and O–H groups in total. The lowest BCUT2D eigenvalue weighted by atomic mass is 10.1. The molecular formula is C8H3Cl2FO2. The van der Waals surface area contributed by atoms with Crippen LogP contribution in [-0.2, 0) is 0 Å². The van der Waals surface area contributed by atoms with Crippen LogP contribution in [0.2, 0.25) is 0 Å². The summed E-state index contributed by atoms with van der Waals surface area (Å²) in [5.74, 6) is -0.648. The molecule has 13 heavy (non-hydrogen) atoms. The Kier molecular flexibility index (Phi) is 3.01. The van der Waals surface area contributed by atoms with Gasteiger partial charge >= 0.3 is 0 Å². The molecule has 0 aromatic heterocycles. The predicted octanol–water partition coefficient (Wildman–Crippen LogP) is 2.58. The minimum atomic E-state index is -0.913. The van der Waals surface area contributed by atoms with Crippen LogP contribution < -0.4 is 0 Å². The van der Waals surface area contributed by atoms with Crippen molar-refractivity contribution in [3.63, 3.8) is 0 Å². The fourth-order valence-electron chi connectivity index (χ4n) is 0.850. The van der Waals surface area contributed by atoms with E-state index < -0.39 is 16.3 Å². The highest BCUT2D eigenvalue weighted by Crippen LogP contribution is 2.15. The zero-order valence-electron chi connectivity index (χ0n) is 6.18. The first-order valence-corrected chi connectivity index (χ1v) is 3.97. The van der Waals surface area contributed by atoms with Crippen molar-refractivity contribution in [3.05, 3.63) is 35.1 Å². The first kappa shape index (κ1) is 10.2. The lowest BCUT2D eigenvalue weighted by molar-refractivity contribution is 0.105. The van der Waals surface area contributed by atoms with Gasteiger partial charge in [0.1, 0.15) is 5.82 Å². The molecule has 68 valence electrons. The summed E-state index contributed by atoms with van der Waals surface area (Å²) >= 11 is 10.2. The summed E-state index contributed by atoms with van der Waals surface area (Å²) in [5.41, 5.74) is -0.315. The molecule has 0 heterocycles. The van der Waals surface area contributed by atoms with E-state index in [1.807, 2.05) is 0 Å². The van der Waals surface area contributed by atoms with Crippen LogP contribution in [0.15, 0.2) is 18.2 Å². The molecule has 1 rings (SSSR count). The van der Waals surface area contributed by atoms with E-state index in [2.05, 4.69) is 0 Å². The fourth-order valence-corrected chi connectivity index (χ4v) is 1.17. The average molecular weight is 221 g/mol. The number of hydrogen-bond acceptors (Lipinski definition) is 2. The second-order valence-electron chi connectivity index (χ2n) is 2.24. The van der Waals surface area contributed by atoms with Crippen LogP contribution in [0.1, 0.15) is 20.7 Å². The highest BCUT2D eigenvalue weighted by molar-refractivity contribution is 6.71. The first-order chi connectivity index (χ1) is 6.02. The van der Waals surface area contributed by atoms with Crippen LogP contribution in [0.4, 0.5) is 4.39 Å². The zero-order valence-corrected chi connectivity index (χ0v) is 7.69. The quantitative estimate of drug-likeness (QED) is 0.719. The molecule has 0 bridgehead atoms. The van der Waals surface area contributed by atoms with Gasteiger partial charge in [0.15, 0.2) is 0 Å². The largest absolute Gasteiger partial charge is 0.276 e. The molecule has 0 aliphatic rings. The van der Waals surface area contributed by atoms with Gasteiger partial charge in [0.25, 0.3) is 10.5 Å². The van der Waals surface area contributed by atoms with E-state index in [0.29, 0.717) is 0 Å². The van der Waals surface area contributed by atoms with Gasteiger partial charge in [0.2, 0.25) is 0 Å². The van der Waals surface area contributed by atoms with Crippen molar-refractivity contribution in [1.82, 2.24) is 0 Å². The molecule has 0 aliphatic carbocycles. The van der Waals surface area contributed by atoms with Crippen molar-refractivity contribution in [2.75, 3.05) is 0 Å². The Morgan fingerprint density at radius 2 is 1.62 bits per heavy atom. The number of carbonyl (C=O) groups excluding carboxylic acids is 2. The predicted molar refractivity (Wildman–Crippen MR) is 46.8 cm³/mol. The molecule has 0 unspecified atom stereocenters. The summed E-state index contributed by atoms with van der Waals surface area (Å²) in [7, 11) is 0. The van der Waals surface area contributed by atoms with Crippen molar-refractivity contribution in [1.29, 1.82) is 0 Å². The van der Waals surface area contributed by atoms with E-state index in [4.69, 9.17) is 23.2 Å². The first-order valence-electron chi connectivity index (χ1n) is 3.21. The summed E-state index contributed by atoms with van der Waals surface area (Å²) in [6, 6.07) is 3.00. The molecule has 0 spiro atoms. The molecule has 0 atom stereocenters. The standard InChI is InChI=1S/C8H3Cl2FO2/c9-7(12)5-2-1-4(11)3-6(5)8(10)13/h1-3H. The minimum absolute atomic E-state index is 0.0944. The Bertz CT molecular complexity index is 376. The molecule has 1 aromatic carbocycles. The highest BCUT2D eigenvalue weighted by Gasteiger charge is 2.14. The van der Waals surface area contributed by atoms with Crippen molar-refractivity contribution in [3.8, 4) is 0 Å². The van der Waals surface area contributed by atoms with Gasteiger partial charge in [-0.1, -0.05) is 0 Å². The zero-order chi connectivity index (χ0) is 10.0. The number of hydrogen-bond donors (Lipinski definition) is 0. The maximum absolute atomic E-state index is 12.6. The van der Waals surface area contributed by atoms with Crippen molar-refractivity contribution in [2.45, 2.75) is 0 Å². The average Bonchev–Trinajstić information content (AvgIpc) is 2.03. The van der Waals surface area contributed by atoms with Gasteiger partial charge in [0.05, 0.1) is 0 Å². The molecule has 0 saturated heterocycles. The molecule has 5 heteroatoms. The lowest BCUT2D eigenvalue weighted by Gasteiger charge is -1.99. The van der Waals surface area contributed by atoms with Crippen molar-refractivity contribution >= 4 is 33.7 Å². The molecule has 0 saturated carbocycles. The van der Waals surface area contributed by atoms with Gasteiger partial charge in [-0.15, -0.1) is 0 Å². The van der Waals surface area contributed by atoms with Crippen LogP contribution in [0.5, 0.6) is 0 Å². The normalized spacial score (nSPS) is 9.77. The molecule has 1 aromatic rings. The Hall–Kier alpha value is -0.930. The van der Waals surface area contributed by atoms with E-state index in [1.54, 1.807) is 0 Å². The molecule has 0 aliphatic heterocycles. The second-order valence-corrected chi connectivity index (χ2v) is 2.92. The number of rotatable bonds is 2. The monoisotopic (exact) mass is 220 g/mol. The van der Waals surface area contributed by atoms with Crippen molar-refractivity contribution in [2.24, 2.45) is 0 Å². The topological polar surface area (TPSA) is 34.1 Å². The van der Waals surface area contributed by atoms with E-state index >= 15 is 0 Å². The van der Waals surface area contributed by atoms with E-state index in [0.717, 1.165) is 18.2 Å². The minimum Gasteiger partial charge on any atom is -0.276 e. The summed E-state index contributed by atoms with van der Waals surface area (Å²) in [4.78, 5) is 21.4. The Morgan fingerprint density at radius 3 is 2.08 bits per heavy atom. The van der Waals surface area contributed by atoms with Crippen LogP contribution >= 0.6 is 23.2 Å². The highest BCUT2D eigenvalue weighted by atomic mass is 35.5. The molecular weight excluding hydrogens is 218 g/mol. The van der Waals surface area contributed by atoms with Gasteiger partial charge in [0, 0.05) is 11.1 Å². The summed E-state index contributed by atoms with van der Waals surface area (Å²) in [6.45, 7) is 0. The van der Waals surface area contributed by atoms with Crippen LogP contribution in [0, 0.1) is 5.82 Å². The van der Waals surface area contributed by atoms with Gasteiger partial charge in [-0.05, 0) is 41.4 Å². The number of halogens is 3. The Morgan fingerprint density at radius 1 is 1.08 bits per heavy atom. The Balaban J connectivity index is 3.35. The van der Waals surface area contributed by atoms with Crippen molar-refractivity contribution < 1.29 is 14.0 Å². The van der Waals surface area contributed by atoms with Crippen LogP contribution in [0.3, 0.4) is 0 Å². The van der Waals surface area contributed by atoms with Crippen LogP contribution in [0.25, 0.3) is 0 Å². The smallest absolute Gasteiger partial charge is 0.253 e. The SMILES string of the molecule is O=C(Cl)c1ccc(F)cc1C(=O)Cl. The maximum Gasteiger partial charge on any atom is 0.253 e. The molecule has 0 amide bonds. The van der Waals surface area contributed by atoms with Gasteiger partial charge in [-0.2, -0.15) is 0 Å². The van der Waals surface area contributed by atoms with Gasteiger partial charge in [-0.25, -0.2) is 4.39 Å². The third-order valence-electron chi connectivity index (χ3n) is 1.41. The van der Waals surface area contributed by atoms with Gasteiger partial charge in [-0.3, -0.25) is 9.59 Å². The molecule has 0 radical (unpaired) electrons. The molecule has 2 nitrogen and oxygen atoms in total. The maximum atomic E-state index is 12.6. The third-order valence-corrected chi connectivity index (χ3v) is 1.81. The van der Waals surface area contributed by atoms with Gasteiger partial charge < -0.3 is 0 Å². The summed E-state index contributed by atoms with van der Waals surface area (Å²) in [5, 5.41) is -1.76. The second kappa shape index (κ2) is 3.85. The number of benzene rings is 1. The third kappa shape index (κ3) is 2.26. The summed E-state index contributed by atoms with van der Waals surface area (Å²) in [6.07, 6.45) is 0. The molecule has 0 fully saturated rings.